The molecule has 0 saturated heterocycles. The van der Waals surface area contributed by atoms with Crippen LogP contribution in [0.1, 0.15) is 11.4 Å². The van der Waals surface area contributed by atoms with Crippen molar-refractivity contribution in [2.75, 3.05) is 13.7 Å². The minimum Gasteiger partial charge on any atom is -0.494 e. The molecule has 2 aromatic carbocycles. The fraction of sp³-hybridized carbons (Fsp3) is 0.167. The molecule has 5 aromatic rings. The second-order valence-electron chi connectivity index (χ2n) is 7.84. The Balaban J connectivity index is 1.82. The number of benzene rings is 2. The highest BCUT2D eigenvalue weighted by atomic mass is 19.4. The van der Waals surface area contributed by atoms with Crippen molar-refractivity contribution < 1.29 is 37.0 Å². The van der Waals surface area contributed by atoms with E-state index in [0.29, 0.717) is 10.3 Å². The summed E-state index contributed by atoms with van der Waals surface area (Å²) in [5, 5.41) is 12.6. The quantitative estimate of drug-likeness (QED) is 0.332. The first-order chi connectivity index (χ1) is 17.7. The molecule has 2 N–H and O–H groups in total. The maximum atomic E-state index is 14.0. The number of aromatic nitrogens is 4. The Morgan fingerprint density at radius 2 is 1.89 bits per heavy atom. The number of carboxylic acids is 1. The van der Waals surface area contributed by atoms with Crippen LogP contribution >= 0.6 is 0 Å². The Kier molecular flexibility index (Phi) is 5.91. The topological polar surface area (TPSA) is 132 Å². The van der Waals surface area contributed by atoms with Crippen molar-refractivity contribution in [1.29, 1.82) is 0 Å². The van der Waals surface area contributed by atoms with E-state index in [1.807, 2.05) is 0 Å². The zero-order chi connectivity index (χ0) is 26.3. The number of ether oxygens (including phenoxy) is 2. The van der Waals surface area contributed by atoms with Gasteiger partial charge in [-0.15, -0.1) is 0 Å². The van der Waals surface area contributed by atoms with Gasteiger partial charge in [0.1, 0.15) is 23.6 Å². The van der Waals surface area contributed by atoms with Gasteiger partial charge in [0, 0.05) is 0 Å². The van der Waals surface area contributed by atoms with E-state index in [1.165, 1.54) is 19.2 Å². The maximum absolute atomic E-state index is 14.0. The Hall–Kier alpha value is -4.65. The van der Waals surface area contributed by atoms with Crippen LogP contribution in [-0.4, -0.2) is 44.4 Å². The molecule has 190 valence electrons. The molecule has 3 heterocycles. The molecule has 0 radical (unpaired) electrons. The summed E-state index contributed by atoms with van der Waals surface area (Å²) in [6.07, 6.45) is -4.89. The van der Waals surface area contributed by atoms with E-state index in [-0.39, 0.29) is 45.0 Å². The summed E-state index contributed by atoms with van der Waals surface area (Å²) in [5.41, 5.74) is -2.47. The Labute approximate surface area is 204 Å². The molecule has 0 unspecified atom stereocenters. The first kappa shape index (κ1) is 24.1. The number of halogens is 3. The monoisotopic (exact) mass is 514 g/mol. The number of aromatic amines is 1. The molecule has 5 rings (SSSR count). The van der Waals surface area contributed by atoms with Crippen LogP contribution in [0.3, 0.4) is 0 Å². The predicted molar refractivity (Wildman–Crippen MR) is 123 cm³/mol. The molecule has 0 saturated carbocycles. The number of fused-ring (bicyclic) bond motifs is 2. The van der Waals surface area contributed by atoms with Gasteiger partial charge in [-0.2, -0.15) is 22.8 Å². The summed E-state index contributed by atoms with van der Waals surface area (Å²) in [4.78, 5) is 31.7. The number of aliphatic carboxylic acids is 1. The summed E-state index contributed by atoms with van der Waals surface area (Å²) in [6, 6.07) is 12.5. The third-order valence-corrected chi connectivity index (χ3v) is 5.48. The van der Waals surface area contributed by atoms with Gasteiger partial charge in [-0.3, -0.25) is 4.79 Å². The molecule has 0 fully saturated rings. The van der Waals surface area contributed by atoms with Crippen LogP contribution in [0.5, 0.6) is 5.75 Å². The van der Waals surface area contributed by atoms with Gasteiger partial charge >= 0.3 is 12.1 Å². The highest BCUT2D eigenvalue weighted by Gasteiger charge is 2.39. The third kappa shape index (κ3) is 4.29. The summed E-state index contributed by atoms with van der Waals surface area (Å²) in [7, 11) is 1.42. The molecular weight excluding hydrogens is 497 g/mol. The van der Waals surface area contributed by atoms with Gasteiger partial charge in [0.2, 0.25) is 5.89 Å². The molecule has 0 aliphatic rings. The fourth-order valence-corrected chi connectivity index (χ4v) is 3.96. The third-order valence-electron chi connectivity index (χ3n) is 5.48. The number of H-pyrrole nitrogens is 1. The molecule has 0 amide bonds. The van der Waals surface area contributed by atoms with E-state index >= 15 is 0 Å². The number of hydrogen-bond acceptors (Lipinski definition) is 7. The van der Waals surface area contributed by atoms with Gasteiger partial charge in [0.15, 0.2) is 16.8 Å². The summed E-state index contributed by atoms with van der Waals surface area (Å²) >= 11 is 0. The van der Waals surface area contributed by atoms with Crippen molar-refractivity contribution in [3.63, 3.8) is 0 Å². The van der Waals surface area contributed by atoms with Gasteiger partial charge in [0.05, 0.1) is 25.0 Å². The lowest BCUT2D eigenvalue weighted by Gasteiger charge is -2.09. The van der Waals surface area contributed by atoms with Gasteiger partial charge in [0.25, 0.3) is 5.56 Å². The number of carboxylic acid groups (broad SMARTS) is 1. The van der Waals surface area contributed by atoms with Crippen LogP contribution < -0.4 is 10.3 Å². The van der Waals surface area contributed by atoms with Crippen LogP contribution in [0.15, 0.2) is 57.7 Å². The molecule has 0 atom stereocenters. The largest absolute Gasteiger partial charge is 0.494 e. The number of nitrogens with one attached hydrogen (secondary N) is 1. The van der Waals surface area contributed by atoms with Crippen LogP contribution in [0.25, 0.3) is 39.3 Å². The lowest BCUT2D eigenvalue weighted by Crippen LogP contribution is -2.21. The average molecular weight is 514 g/mol. The fourth-order valence-electron chi connectivity index (χ4n) is 3.96. The highest BCUT2D eigenvalue weighted by molar-refractivity contribution is 5.84. The summed E-state index contributed by atoms with van der Waals surface area (Å²) in [6.45, 7) is -1.18. The second-order valence-corrected chi connectivity index (χ2v) is 7.84. The molecule has 10 nitrogen and oxygen atoms in total. The first-order valence-corrected chi connectivity index (χ1v) is 10.7. The number of methoxy groups -OCH3 is 1. The van der Waals surface area contributed by atoms with E-state index < -0.39 is 36.6 Å². The predicted octanol–water partition coefficient (Wildman–Crippen LogP) is 4.13. The van der Waals surface area contributed by atoms with Crippen molar-refractivity contribution >= 4 is 22.7 Å². The van der Waals surface area contributed by atoms with Gasteiger partial charge in [-0.25, -0.2) is 9.78 Å². The average Bonchev–Trinajstić information content (AvgIpc) is 3.46. The first-order valence-electron chi connectivity index (χ1n) is 10.7. The highest BCUT2D eigenvalue weighted by Crippen LogP contribution is 2.39. The van der Waals surface area contributed by atoms with Crippen LogP contribution in [0, 0.1) is 0 Å². The molecule has 0 aliphatic heterocycles. The molecule has 13 heteroatoms. The van der Waals surface area contributed by atoms with E-state index in [4.69, 9.17) is 19.0 Å². The molecule has 0 aliphatic carbocycles. The van der Waals surface area contributed by atoms with Gasteiger partial charge in [-0.05, 0) is 17.7 Å². The summed E-state index contributed by atoms with van der Waals surface area (Å²) in [5.74, 6) is -1.16. The maximum Gasteiger partial charge on any atom is 0.435 e. The van der Waals surface area contributed by atoms with Crippen LogP contribution in [0.2, 0.25) is 0 Å². The van der Waals surface area contributed by atoms with Crippen molar-refractivity contribution in [2.45, 2.75) is 12.8 Å². The van der Waals surface area contributed by atoms with E-state index in [2.05, 4.69) is 15.1 Å². The molecular formula is C24H17F3N4O6. The molecule has 0 spiro atoms. The summed E-state index contributed by atoms with van der Waals surface area (Å²) < 4.78 is 58.8. The van der Waals surface area contributed by atoms with Crippen molar-refractivity contribution in [3.8, 4) is 28.3 Å². The molecule has 3 aromatic heterocycles. The zero-order valence-electron chi connectivity index (χ0n) is 19.0. The molecule has 0 bridgehead atoms. The Morgan fingerprint density at radius 3 is 2.57 bits per heavy atom. The standard InChI is InChI=1S/C24H17F3N4O6/c1-35-14-8-5-9-15-19(14)29-22(37-15)18-13(10-36-11-16(32)33)28-21-17(12-6-3-2-4-7-12)20(24(25,26)27)30-31(21)23(18)34/h2-9,28H,10-11H2,1H3,(H,32,33). The molecule has 37 heavy (non-hydrogen) atoms. The van der Waals surface area contributed by atoms with E-state index in [9.17, 15) is 22.8 Å². The minimum absolute atomic E-state index is 0.0462. The number of oxazole rings is 1. The Morgan fingerprint density at radius 1 is 1.14 bits per heavy atom. The number of carbonyl (C=O) groups is 1. The number of hydrogen-bond donors (Lipinski definition) is 2. The number of para-hydroxylation sites is 1. The van der Waals surface area contributed by atoms with Gasteiger partial charge in [-0.1, -0.05) is 36.4 Å². The van der Waals surface area contributed by atoms with Crippen molar-refractivity contribution in [3.05, 3.63) is 70.3 Å². The lowest BCUT2D eigenvalue weighted by atomic mass is 10.1. The Bertz CT molecular complexity index is 1690. The van der Waals surface area contributed by atoms with Crippen molar-refractivity contribution in [2.24, 2.45) is 0 Å². The normalized spacial score (nSPS) is 11.9. The minimum atomic E-state index is -4.89. The second kappa shape index (κ2) is 9.09. The van der Waals surface area contributed by atoms with Gasteiger partial charge < -0.3 is 24.0 Å². The smallest absolute Gasteiger partial charge is 0.435 e. The van der Waals surface area contributed by atoms with Crippen LogP contribution in [-0.2, 0) is 22.3 Å². The number of alkyl halides is 3. The van der Waals surface area contributed by atoms with Crippen molar-refractivity contribution in [1.82, 2.24) is 19.6 Å². The SMILES string of the molecule is COc1cccc2oc(-c3c(COCC(=O)O)[nH]c4c(-c5ccccc5)c(C(F)(F)F)nn4c3=O)nc12. The van der Waals surface area contributed by atoms with E-state index in [0.717, 1.165) is 0 Å². The van der Waals surface area contributed by atoms with E-state index in [1.54, 1.807) is 36.4 Å². The lowest BCUT2D eigenvalue weighted by molar-refractivity contribution is -0.143. The zero-order valence-corrected chi connectivity index (χ0v) is 19.0. The number of rotatable bonds is 7. The van der Waals surface area contributed by atoms with Crippen LogP contribution in [0.4, 0.5) is 13.2 Å². The number of nitrogens with zero attached hydrogens (tertiary/aromatic N) is 3.